The molecule has 4 rings (SSSR count). The Hall–Kier alpha value is -2.93. The summed E-state index contributed by atoms with van der Waals surface area (Å²) in [4.78, 5) is 31.0. The zero-order chi connectivity index (χ0) is 19.5. The van der Waals surface area contributed by atoms with Crippen LogP contribution in [-0.2, 0) is 16.0 Å². The average Bonchev–Trinajstić information content (AvgIpc) is 3.07. The molecule has 2 aromatic heterocycles. The van der Waals surface area contributed by atoms with E-state index >= 15 is 0 Å². The highest BCUT2D eigenvalue weighted by Gasteiger charge is 2.32. The van der Waals surface area contributed by atoms with Crippen molar-refractivity contribution in [2.75, 3.05) is 17.2 Å². The molecule has 0 N–H and O–H groups in total. The van der Waals surface area contributed by atoms with Crippen molar-refractivity contribution in [3.8, 4) is 5.69 Å². The number of rotatable bonds is 6. The Morgan fingerprint density at radius 2 is 1.93 bits per heavy atom. The third-order valence-corrected chi connectivity index (χ3v) is 5.64. The lowest BCUT2D eigenvalue weighted by molar-refractivity contribution is -0.121. The van der Waals surface area contributed by atoms with Crippen LogP contribution in [0.4, 0.5) is 5.69 Å². The summed E-state index contributed by atoms with van der Waals surface area (Å²) in [5.41, 5.74) is 3.31. The van der Waals surface area contributed by atoms with Gasteiger partial charge in [0, 0.05) is 18.3 Å². The van der Waals surface area contributed by atoms with Crippen LogP contribution in [0.3, 0.4) is 0 Å². The molecule has 0 spiro atoms. The number of pyridine rings is 1. The van der Waals surface area contributed by atoms with E-state index in [0.717, 1.165) is 27.8 Å². The summed E-state index contributed by atoms with van der Waals surface area (Å²) < 4.78 is 1.85. The molecule has 0 saturated carbocycles. The number of aryl methyl sites for hydroxylation is 2. The number of hydrogen-bond donors (Lipinski definition) is 0. The third kappa shape index (κ3) is 3.71. The standard InChI is InChI=1S/C21H20N4O2S/c1-15-20-21(25(23-15)17-8-3-2-4-9-17)28-14-19(27)24(20)13-18(26)11-10-16-7-5-6-12-22-16/h2-9,12H,10-11,13-14H2,1H3. The van der Waals surface area contributed by atoms with Crippen molar-refractivity contribution in [3.63, 3.8) is 0 Å². The second kappa shape index (κ2) is 7.98. The Labute approximate surface area is 167 Å². The second-order valence-corrected chi connectivity index (χ2v) is 7.58. The molecule has 3 heterocycles. The third-order valence-electron chi connectivity index (χ3n) is 4.61. The molecule has 0 saturated heterocycles. The summed E-state index contributed by atoms with van der Waals surface area (Å²) in [6.45, 7) is 1.95. The molecule has 0 fully saturated rings. The van der Waals surface area contributed by atoms with Gasteiger partial charge in [-0.15, -0.1) is 0 Å². The van der Waals surface area contributed by atoms with Gasteiger partial charge in [-0.1, -0.05) is 36.0 Å². The molecular weight excluding hydrogens is 372 g/mol. The van der Waals surface area contributed by atoms with Crippen LogP contribution in [0.25, 0.3) is 5.69 Å². The van der Waals surface area contributed by atoms with Crippen molar-refractivity contribution in [3.05, 3.63) is 66.1 Å². The Balaban J connectivity index is 1.55. The molecule has 1 aliphatic rings. The SMILES string of the molecule is Cc1nn(-c2ccccc2)c2c1N(CC(=O)CCc1ccccn1)C(=O)CS2. The van der Waals surface area contributed by atoms with E-state index in [-0.39, 0.29) is 18.2 Å². The highest BCUT2D eigenvalue weighted by molar-refractivity contribution is 8.00. The summed E-state index contributed by atoms with van der Waals surface area (Å²) >= 11 is 1.47. The molecule has 0 aliphatic carbocycles. The molecule has 7 heteroatoms. The van der Waals surface area contributed by atoms with Gasteiger partial charge in [0.05, 0.1) is 29.4 Å². The number of carbonyl (C=O) groups excluding carboxylic acids is 2. The van der Waals surface area contributed by atoms with Crippen LogP contribution < -0.4 is 4.90 Å². The molecule has 0 bridgehead atoms. The molecule has 1 amide bonds. The lowest BCUT2D eigenvalue weighted by Crippen LogP contribution is -2.39. The van der Waals surface area contributed by atoms with Gasteiger partial charge in [-0.05, 0) is 37.6 Å². The monoisotopic (exact) mass is 392 g/mol. The average molecular weight is 392 g/mol. The van der Waals surface area contributed by atoms with Gasteiger partial charge in [0.15, 0.2) is 5.78 Å². The van der Waals surface area contributed by atoms with Crippen LogP contribution in [0, 0.1) is 6.92 Å². The van der Waals surface area contributed by atoms with Crippen molar-refractivity contribution < 1.29 is 9.59 Å². The fourth-order valence-electron chi connectivity index (χ4n) is 3.25. The maximum atomic E-state index is 12.6. The number of fused-ring (bicyclic) bond motifs is 1. The van der Waals surface area contributed by atoms with Crippen molar-refractivity contribution in [2.45, 2.75) is 24.8 Å². The van der Waals surface area contributed by atoms with Crippen LogP contribution in [0.1, 0.15) is 17.8 Å². The predicted molar refractivity (Wildman–Crippen MR) is 109 cm³/mol. The zero-order valence-corrected chi connectivity index (χ0v) is 16.4. The number of carbonyl (C=O) groups is 2. The van der Waals surface area contributed by atoms with Gasteiger partial charge in [0.1, 0.15) is 5.03 Å². The number of nitrogens with zero attached hydrogens (tertiary/aromatic N) is 4. The molecule has 0 radical (unpaired) electrons. The Kier molecular flexibility index (Phi) is 5.25. The van der Waals surface area contributed by atoms with Crippen LogP contribution in [0.15, 0.2) is 59.8 Å². The van der Waals surface area contributed by atoms with Crippen LogP contribution in [0.5, 0.6) is 0 Å². The number of anilines is 1. The quantitative estimate of drug-likeness (QED) is 0.644. The number of thioether (sulfide) groups is 1. The van der Waals surface area contributed by atoms with Gasteiger partial charge < -0.3 is 4.90 Å². The number of Topliss-reactive ketones (excluding diaryl/α,β-unsaturated/α-hetero) is 1. The fraction of sp³-hybridized carbons (Fsp3) is 0.238. The summed E-state index contributed by atoms with van der Waals surface area (Å²) in [5.74, 6) is 0.265. The van der Waals surface area contributed by atoms with Gasteiger partial charge in [-0.25, -0.2) is 4.68 Å². The van der Waals surface area contributed by atoms with Crippen molar-refractivity contribution in [1.29, 1.82) is 0 Å². The Morgan fingerprint density at radius 3 is 2.68 bits per heavy atom. The topological polar surface area (TPSA) is 68.1 Å². The zero-order valence-electron chi connectivity index (χ0n) is 15.5. The smallest absolute Gasteiger partial charge is 0.237 e. The van der Waals surface area contributed by atoms with Crippen molar-refractivity contribution in [1.82, 2.24) is 14.8 Å². The van der Waals surface area contributed by atoms with Gasteiger partial charge in [0.25, 0.3) is 0 Å². The number of para-hydroxylation sites is 1. The van der Waals surface area contributed by atoms with E-state index in [2.05, 4.69) is 10.1 Å². The van der Waals surface area contributed by atoms with E-state index in [1.165, 1.54) is 11.8 Å². The van der Waals surface area contributed by atoms with E-state index in [0.29, 0.717) is 18.6 Å². The summed E-state index contributed by atoms with van der Waals surface area (Å²) in [6.07, 6.45) is 2.65. The minimum atomic E-state index is -0.0561. The first-order valence-corrected chi connectivity index (χ1v) is 10.1. The van der Waals surface area contributed by atoms with E-state index in [4.69, 9.17) is 0 Å². The molecule has 28 heavy (non-hydrogen) atoms. The summed E-state index contributed by atoms with van der Waals surface area (Å²) in [6, 6.07) is 15.5. The number of hydrogen-bond acceptors (Lipinski definition) is 5. The minimum absolute atomic E-state index is 0.0173. The van der Waals surface area contributed by atoms with Crippen LogP contribution in [-0.4, -0.2) is 38.8 Å². The largest absolute Gasteiger partial charge is 0.300 e. The van der Waals surface area contributed by atoms with Crippen LogP contribution in [0.2, 0.25) is 0 Å². The second-order valence-electron chi connectivity index (χ2n) is 6.61. The molecular formula is C21H20N4O2S. The predicted octanol–water partition coefficient (Wildman–Crippen LogP) is 3.22. The first kappa shape index (κ1) is 18.4. The molecule has 1 aliphatic heterocycles. The number of benzene rings is 1. The van der Waals surface area contributed by atoms with Gasteiger partial charge in [-0.3, -0.25) is 14.6 Å². The first-order valence-electron chi connectivity index (χ1n) is 9.13. The lowest BCUT2D eigenvalue weighted by Gasteiger charge is -2.26. The number of aromatic nitrogens is 3. The Morgan fingerprint density at radius 1 is 1.14 bits per heavy atom. The van der Waals surface area contributed by atoms with Gasteiger partial charge in [-0.2, -0.15) is 5.10 Å². The highest BCUT2D eigenvalue weighted by Crippen LogP contribution is 2.39. The van der Waals surface area contributed by atoms with E-state index < -0.39 is 0 Å². The van der Waals surface area contributed by atoms with Gasteiger partial charge in [0.2, 0.25) is 5.91 Å². The normalized spacial score (nSPS) is 13.5. The molecule has 0 atom stereocenters. The molecule has 3 aromatic rings. The van der Waals surface area contributed by atoms with Gasteiger partial charge >= 0.3 is 0 Å². The summed E-state index contributed by atoms with van der Waals surface area (Å²) in [7, 11) is 0. The molecule has 1 aromatic carbocycles. The maximum absolute atomic E-state index is 12.6. The van der Waals surface area contributed by atoms with Crippen molar-refractivity contribution in [2.24, 2.45) is 0 Å². The molecule has 6 nitrogen and oxygen atoms in total. The Bertz CT molecular complexity index is 1000. The number of amides is 1. The van der Waals surface area contributed by atoms with Crippen molar-refractivity contribution >= 4 is 29.1 Å². The minimum Gasteiger partial charge on any atom is -0.300 e. The highest BCUT2D eigenvalue weighted by atomic mass is 32.2. The maximum Gasteiger partial charge on any atom is 0.237 e. The number of ketones is 1. The van der Waals surface area contributed by atoms with Crippen LogP contribution >= 0.6 is 11.8 Å². The van der Waals surface area contributed by atoms with E-state index in [9.17, 15) is 9.59 Å². The van der Waals surface area contributed by atoms with E-state index in [1.807, 2.05) is 60.1 Å². The fourth-order valence-corrected chi connectivity index (χ4v) is 4.33. The summed E-state index contributed by atoms with van der Waals surface area (Å²) in [5, 5.41) is 5.53. The van der Waals surface area contributed by atoms with E-state index in [1.54, 1.807) is 11.1 Å². The first-order chi connectivity index (χ1) is 13.6. The molecule has 0 unspecified atom stereocenters. The lowest BCUT2D eigenvalue weighted by atomic mass is 10.1. The molecule has 142 valence electrons.